The standard InChI is InChI=1S/C45H47ClFN7O8S/c46-33-5-3-29(4-6-33)31-2-1-11-45(24-31)12-9-32(45)27-52-14-16-53(17-15-52)34-7-8-37(41(21-34)62-35-20-30-10-13-48-43(30)50-25-35)44(55)51-63(58,59)42-23-40(54(56)57)39(22-38(42)47)49-26-36-28-60-18-19-61-36/h2-8,10,13,20-23,25,32,36,49H,1,9,11-12,14-19,24,26-28H2,(H,48,50)(H,51,55). The van der Waals surface area contributed by atoms with Crippen LogP contribution in [0.2, 0.25) is 5.02 Å². The van der Waals surface area contributed by atoms with Crippen molar-refractivity contribution in [1.29, 1.82) is 0 Å². The third kappa shape index (κ3) is 9.24. The topological polar surface area (TPSA) is 181 Å². The molecular weight excluding hydrogens is 853 g/mol. The van der Waals surface area contributed by atoms with Crippen molar-refractivity contribution in [2.45, 2.75) is 43.1 Å². The van der Waals surface area contributed by atoms with Crippen LogP contribution in [0.15, 0.2) is 90.1 Å². The van der Waals surface area contributed by atoms with Crippen molar-refractivity contribution >= 4 is 61.2 Å². The van der Waals surface area contributed by atoms with Gasteiger partial charge in [-0.25, -0.2) is 22.5 Å². The summed E-state index contributed by atoms with van der Waals surface area (Å²) in [7, 11) is -4.98. The zero-order valence-corrected chi connectivity index (χ0v) is 35.9. The molecule has 15 nitrogen and oxygen atoms in total. The SMILES string of the molecule is O=C(NS(=O)(=O)c1cc([N+](=O)[O-])c(NCC2COCCO2)cc1F)c1ccc(N2CCN(CC3CCC34CCC=C(c3ccc(Cl)cc3)C4)CC2)cc1Oc1cnc2[nH]ccc2c1. The number of rotatable bonds is 13. The number of allylic oxidation sites excluding steroid dienone is 2. The lowest BCUT2D eigenvalue weighted by molar-refractivity contribution is -0.384. The molecule has 63 heavy (non-hydrogen) atoms. The molecule has 3 atom stereocenters. The van der Waals surface area contributed by atoms with Gasteiger partial charge in [0.25, 0.3) is 21.6 Å². The second-order valence-electron chi connectivity index (χ2n) is 16.6. The van der Waals surface area contributed by atoms with Gasteiger partial charge in [-0.1, -0.05) is 29.8 Å². The molecular formula is C45H47ClFN7O8S. The van der Waals surface area contributed by atoms with Gasteiger partial charge in [0.2, 0.25) is 0 Å². The fourth-order valence-electron chi connectivity index (χ4n) is 9.30. The van der Waals surface area contributed by atoms with Gasteiger partial charge in [0.1, 0.15) is 33.5 Å². The Hall–Kier alpha value is -5.59. The molecule has 2 aromatic heterocycles. The van der Waals surface area contributed by atoms with E-state index in [9.17, 15) is 23.3 Å². The zero-order valence-electron chi connectivity index (χ0n) is 34.4. The molecule has 4 aliphatic rings. The highest BCUT2D eigenvalue weighted by Gasteiger charge is 2.48. The minimum Gasteiger partial charge on any atom is -0.455 e. The Labute approximate surface area is 368 Å². The van der Waals surface area contributed by atoms with Crippen LogP contribution >= 0.6 is 11.6 Å². The van der Waals surface area contributed by atoms with Gasteiger partial charge in [-0.3, -0.25) is 19.8 Å². The van der Waals surface area contributed by atoms with E-state index in [4.69, 9.17) is 25.8 Å². The lowest BCUT2D eigenvalue weighted by Gasteiger charge is -2.54. The van der Waals surface area contributed by atoms with Crippen molar-refractivity contribution in [1.82, 2.24) is 19.6 Å². The molecule has 3 fully saturated rings. The highest BCUT2D eigenvalue weighted by molar-refractivity contribution is 7.90. The predicted molar refractivity (Wildman–Crippen MR) is 236 cm³/mol. The molecule has 3 unspecified atom stereocenters. The van der Waals surface area contributed by atoms with Crippen LogP contribution in [0.3, 0.4) is 0 Å². The van der Waals surface area contributed by atoms with Crippen molar-refractivity contribution in [2.75, 3.05) is 69.3 Å². The van der Waals surface area contributed by atoms with E-state index in [0.717, 1.165) is 61.7 Å². The van der Waals surface area contributed by atoms with Gasteiger partial charge in [-0.15, -0.1) is 0 Å². The lowest BCUT2D eigenvalue weighted by atomic mass is 9.53. The van der Waals surface area contributed by atoms with Crippen LogP contribution in [0.25, 0.3) is 16.6 Å². The van der Waals surface area contributed by atoms with Gasteiger partial charge in [-0.05, 0) is 91.0 Å². The molecule has 0 radical (unpaired) electrons. The maximum Gasteiger partial charge on any atom is 0.293 e. The van der Waals surface area contributed by atoms with Crippen molar-refractivity contribution in [2.24, 2.45) is 11.3 Å². The summed E-state index contributed by atoms with van der Waals surface area (Å²) in [5, 5.41) is 16.3. The summed E-state index contributed by atoms with van der Waals surface area (Å²) in [6.45, 7) is 5.18. The maximum atomic E-state index is 15.5. The number of hydrogen-bond donors (Lipinski definition) is 3. The molecule has 330 valence electrons. The van der Waals surface area contributed by atoms with Crippen LogP contribution in [0.1, 0.15) is 48.0 Å². The number of H-pyrrole nitrogens is 1. The number of sulfonamides is 1. The van der Waals surface area contributed by atoms with E-state index >= 15 is 4.39 Å². The number of carbonyl (C=O) groups excluding carboxylic acids is 1. The van der Waals surface area contributed by atoms with Crippen LogP contribution in [0, 0.1) is 27.3 Å². The van der Waals surface area contributed by atoms with Crippen LogP contribution in [0.5, 0.6) is 11.5 Å². The normalized spacial score (nSPS) is 21.7. The lowest BCUT2D eigenvalue weighted by Crippen LogP contribution is -2.52. The molecule has 2 aliphatic heterocycles. The van der Waals surface area contributed by atoms with E-state index in [1.54, 1.807) is 24.4 Å². The largest absolute Gasteiger partial charge is 0.455 e. The van der Waals surface area contributed by atoms with E-state index in [1.165, 1.54) is 42.7 Å². The number of nitro groups is 1. The number of nitro benzene ring substituents is 1. The quantitative estimate of drug-likeness (QED) is 0.0773. The number of pyridine rings is 1. The highest BCUT2D eigenvalue weighted by atomic mass is 35.5. The number of ether oxygens (including phenoxy) is 3. The fourth-order valence-corrected chi connectivity index (χ4v) is 10.5. The Morgan fingerprint density at radius 2 is 1.89 bits per heavy atom. The van der Waals surface area contributed by atoms with E-state index in [0.29, 0.717) is 48.1 Å². The van der Waals surface area contributed by atoms with Gasteiger partial charge in [-0.2, -0.15) is 0 Å². The summed E-state index contributed by atoms with van der Waals surface area (Å²) in [5.41, 5.74) is 3.26. The van der Waals surface area contributed by atoms with Crippen LogP contribution in [0.4, 0.5) is 21.5 Å². The van der Waals surface area contributed by atoms with Crippen molar-refractivity contribution in [3.63, 3.8) is 0 Å². The second kappa shape index (κ2) is 17.9. The summed E-state index contributed by atoms with van der Waals surface area (Å²) in [6, 6.07) is 17.9. The third-order valence-electron chi connectivity index (χ3n) is 12.8. The number of nitrogens with zero attached hydrogens (tertiary/aromatic N) is 4. The summed E-state index contributed by atoms with van der Waals surface area (Å²) < 4.78 is 61.8. The van der Waals surface area contributed by atoms with Crippen molar-refractivity contribution in [3.8, 4) is 11.5 Å². The Morgan fingerprint density at radius 1 is 1.06 bits per heavy atom. The fraction of sp³-hybridized carbons (Fsp3) is 0.378. The molecule has 2 aliphatic carbocycles. The van der Waals surface area contributed by atoms with Crippen LogP contribution in [-0.2, 0) is 19.5 Å². The number of aromatic amines is 1. The van der Waals surface area contributed by atoms with E-state index in [-0.39, 0.29) is 30.2 Å². The average molecular weight is 900 g/mol. The van der Waals surface area contributed by atoms with Gasteiger partial charge < -0.3 is 29.4 Å². The Morgan fingerprint density at radius 3 is 2.63 bits per heavy atom. The van der Waals surface area contributed by atoms with Crippen molar-refractivity contribution in [3.05, 3.63) is 117 Å². The number of hydrogen-bond acceptors (Lipinski definition) is 12. The Kier molecular flexibility index (Phi) is 12.1. The minimum atomic E-state index is -4.98. The number of anilines is 2. The molecule has 9 rings (SSSR count). The van der Waals surface area contributed by atoms with E-state index in [2.05, 4.69) is 43.3 Å². The van der Waals surface area contributed by atoms with Gasteiger partial charge in [0.15, 0.2) is 0 Å². The smallest absolute Gasteiger partial charge is 0.293 e. The molecule has 0 bridgehead atoms. The molecule has 18 heteroatoms. The van der Waals surface area contributed by atoms with Gasteiger partial charge in [0.05, 0.1) is 42.6 Å². The summed E-state index contributed by atoms with van der Waals surface area (Å²) in [4.78, 5) is 36.2. The summed E-state index contributed by atoms with van der Waals surface area (Å²) in [6.07, 6.45) is 11.0. The number of halogens is 2. The maximum absolute atomic E-state index is 15.5. The average Bonchev–Trinajstić information content (AvgIpc) is 3.76. The van der Waals surface area contributed by atoms with E-state index < -0.39 is 43.4 Å². The third-order valence-corrected chi connectivity index (χ3v) is 14.4. The first-order valence-electron chi connectivity index (χ1n) is 21.1. The molecule has 1 spiro atoms. The molecule has 3 aromatic carbocycles. The number of nitrogens with one attached hydrogen (secondary N) is 3. The van der Waals surface area contributed by atoms with Gasteiger partial charge in [0, 0.05) is 79.8 Å². The molecule has 1 amide bonds. The monoisotopic (exact) mass is 899 g/mol. The van der Waals surface area contributed by atoms with E-state index in [1.807, 2.05) is 22.9 Å². The number of amides is 1. The minimum absolute atomic E-state index is 0.0393. The first-order chi connectivity index (χ1) is 30.4. The number of aromatic nitrogens is 2. The Bertz CT molecular complexity index is 2670. The number of benzene rings is 3. The molecule has 4 heterocycles. The second-order valence-corrected chi connectivity index (χ2v) is 18.7. The molecule has 1 saturated carbocycles. The number of carbonyl (C=O) groups is 1. The summed E-state index contributed by atoms with van der Waals surface area (Å²) >= 11 is 6.18. The highest BCUT2D eigenvalue weighted by Crippen LogP contribution is 2.57. The number of piperazine rings is 1. The predicted octanol–water partition coefficient (Wildman–Crippen LogP) is 7.79. The molecule has 5 aromatic rings. The first-order valence-corrected chi connectivity index (χ1v) is 22.9. The molecule has 3 N–H and O–H groups in total. The van der Waals surface area contributed by atoms with Gasteiger partial charge >= 0.3 is 0 Å². The molecule has 2 saturated heterocycles. The summed E-state index contributed by atoms with van der Waals surface area (Å²) in [5.74, 6) is -1.47. The first kappa shape index (κ1) is 42.7. The Balaban J connectivity index is 0.903. The number of fused-ring (bicyclic) bond motifs is 1. The van der Waals surface area contributed by atoms with Crippen LogP contribution in [-0.4, -0.2) is 99.3 Å². The van der Waals surface area contributed by atoms with Crippen LogP contribution < -0.4 is 19.7 Å². The zero-order chi connectivity index (χ0) is 43.7. The van der Waals surface area contributed by atoms with Crippen molar-refractivity contribution < 1.29 is 36.7 Å².